The van der Waals surface area contributed by atoms with Crippen LogP contribution in [0, 0.1) is 19.8 Å². The minimum atomic E-state index is 0.882. The molecule has 1 aromatic rings. The Kier molecular flexibility index (Phi) is 1.83. The maximum atomic E-state index is 4.44. The molecule has 0 spiro atoms. The van der Waals surface area contributed by atoms with Crippen molar-refractivity contribution >= 4 is 0 Å². The highest BCUT2D eigenvalue weighted by Crippen LogP contribution is 2.31. The van der Waals surface area contributed by atoms with E-state index >= 15 is 0 Å². The molecule has 12 heavy (non-hydrogen) atoms. The Morgan fingerprint density at radius 1 is 1.42 bits per heavy atom. The molecule has 0 N–H and O–H groups in total. The van der Waals surface area contributed by atoms with Gasteiger partial charge in [0.05, 0.1) is 0 Å². The van der Waals surface area contributed by atoms with E-state index in [-0.39, 0.29) is 0 Å². The van der Waals surface area contributed by atoms with E-state index < -0.39 is 0 Å². The van der Waals surface area contributed by atoms with Gasteiger partial charge >= 0.3 is 0 Å². The molecule has 0 bridgehead atoms. The van der Waals surface area contributed by atoms with Gasteiger partial charge in [0.15, 0.2) is 0 Å². The molecule has 0 radical (unpaired) electrons. The van der Waals surface area contributed by atoms with Crippen LogP contribution in [0.2, 0.25) is 0 Å². The molecule has 1 fully saturated rings. The van der Waals surface area contributed by atoms with E-state index in [4.69, 9.17) is 0 Å². The fourth-order valence-corrected chi connectivity index (χ4v) is 1.25. The average molecular weight is 162 g/mol. The van der Waals surface area contributed by atoms with Crippen molar-refractivity contribution in [3.63, 3.8) is 0 Å². The first-order chi connectivity index (χ1) is 5.75. The Bertz CT molecular complexity index is 290. The van der Waals surface area contributed by atoms with Gasteiger partial charge in [0.1, 0.15) is 5.82 Å². The molecule has 1 saturated carbocycles. The monoisotopic (exact) mass is 162 g/mol. The van der Waals surface area contributed by atoms with E-state index in [0.29, 0.717) is 0 Å². The van der Waals surface area contributed by atoms with Crippen molar-refractivity contribution < 1.29 is 0 Å². The molecule has 2 nitrogen and oxygen atoms in total. The zero-order valence-corrected chi connectivity index (χ0v) is 7.67. The third-order valence-corrected chi connectivity index (χ3v) is 2.44. The summed E-state index contributed by atoms with van der Waals surface area (Å²) in [4.78, 5) is 8.75. The number of nitrogens with zero attached hydrogens (tertiary/aromatic N) is 2. The molecule has 1 aromatic heterocycles. The van der Waals surface area contributed by atoms with Gasteiger partial charge in [-0.05, 0) is 38.2 Å². The van der Waals surface area contributed by atoms with Crippen LogP contribution in [-0.2, 0) is 6.42 Å². The van der Waals surface area contributed by atoms with E-state index in [1.807, 2.05) is 13.1 Å². The van der Waals surface area contributed by atoms with Crippen LogP contribution in [0.1, 0.15) is 29.9 Å². The van der Waals surface area contributed by atoms with Crippen LogP contribution >= 0.6 is 0 Å². The molecule has 0 aliphatic heterocycles. The molecular formula is C10H14N2. The molecule has 0 unspecified atom stereocenters. The Balaban J connectivity index is 2.15. The quantitative estimate of drug-likeness (QED) is 0.665. The van der Waals surface area contributed by atoms with Crippen LogP contribution in [-0.4, -0.2) is 9.97 Å². The van der Waals surface area contributed by atoms with Crippen LogP contribution in [0.15, 0.2) is 6.20 Å². The van der Waals surface area contributed by atoms with Crippen molar-refractivity contribution in [1.82, 2.24) is 9.97 Å². The smallest absolute Gasteiger partial charge is 0.128 e. The first-order valence-corrected chi connectivity index (χ1v) is 4.55. The summed E-state index contributed by atoms with van der Waals surface area (Å²) in [5.41, 5.74) is 2.31. The maximum Gasteiger partial charge on any atom is 0.128 e. The third kappa shape index (κ3) is 1.63. The molecule has 1 aliphatic rings. The van der Waals surface area contributed by atoms with Crippen LogP contribution < -0.4 is 0 Å². The second kappa shape index (κ2) is 2.85. The number of hydrogen-bond acceptors (Lipinski definition) is 2. The predicted octanol–water partition coefficient (Wildman–Crippen LogP) is 2.05. The molecule has 0 atom stereocenters. The van der Waals surface area contributed by atoms with Gasteiger partial charge in [-0.1, -0.05) is 0 Å². The number of aryl methyl sites for hydroxylation is 2. The first-order valence-electron chi connectivity index (χ1n) is 4.55. The Labute approximate surface area is 73.1 Å². The van der Waals surface area contributed by atoms with Gasteiger partial charge in [0, 0.05) is 18.3 Å². The van der Waals surface area contributed by atoms with Gasteiger partial charge in [-0.25, -0.2) is 9.97 Å². The molecule has 2 heteroatoms. The second-order valence-electron chi connectivity index (χ2n) is 3.70. The molecule has 0 aromatic carbocycles. The lowest BCUT2D eigenvalue weighted by molar-refractivity contribution is 0.760. The van der Waals surface area contributed by atoms with E-state index in [1.54, 1.807) is 0 Å². The van der Waals surface area contributed by atoms with E-state index in [0.717, 1.165) is 23.9 Å². The van der Waals surface area contributed by atoms with Crippen molar-refractivity contribution in [2.24, 2.45) is 5.92 Å². The normalized spacial score (nSPS) is 16.5. The summed E-state index contributed by atoms with van der Waals surface area (Å²) in [6.07, 6.45) is 5.76. The van der Waals surface area contributed by atoms with Crippen molar-refractivity contribution in [3.05, 3.63) is 23.3 Å². The molecule has 1 aliphatic carbocycles. The van der Waals surface area contributed by atoms with E-state index in [1.165, 1.54) is 18.4 Å². The van der Waals surface area contributed by atoms with E-state index in [2.05, 4.69) is 16.9 Å². The maximum absolute atomic E-state index is 4.44. The number of hydrogen-bond donors (Lipinski definition) is 0. The summed E-state index contributed by atoms with van der Waals surface area (Å²) in [5.74, 6) is 1.91. The molecule has 0 saturated heterocycles. The highest BCUT2D eigenvalue weighted by atomic mass is 14.9. The van der Waals surface area contributed by atoms with Crippen molar-refractivity contribution in [2.45, 2.75) is 33.1 Å². The Hall–Kier alpha value is -0.920. The van der Waals surface area contributed by atoms with Crippen molar-refractivity contribution in [2.75, 3.05) is 0 Å². The number of aromatic nitrogens is 2. The zero-order valence-electron chi connectivity index (χ0n) is 7.67. The van der Waals surface area contributed by atoms with Gasteiger partial charge in [-0.3, -0.25) is 0 Å². The summed E-state index contributed by atoms with van der Waals surface area (Å²) in [5, 5.41) is 0. The topological polar surface area (TPSA) is 25.8 Å². The summed E-state index contributed by atoms with van der Waals surface area (Å²) in [6, 6.07) is 0. The predicted molar refractivity (Wildman–Crippen MR) is 47.9 cm³/mol. The van der Waals surface area contributed by atoms with Gasteiger partial charge in [0.2, 0.25) is 0 Å². The fourth-order valence-electron chi connectivity index (χ4n) is 1.25. The molecule has 64 valence electrons. The van der Waals surface area contributed by atoms with Crippen LogP contribution in [0.5, 0.6) is 0 Å². The minimum Gasteiger partial charge on any atom is -0.241 e. The Morgan fingerprint density at radius 3 is 2.75 bits per heavy atom. The molecule has 1 heterocycles. The van der Waals surface area contributed by atoms with Crippen LogP contribution in [0.3, 0.4) is 0 Å². The van der Waals surface area contributed by atoms with Gasteiger partial charge < -0.3 is 0 Å². The fraction of sp³-hybridized carbons (Fsp3) is 0.600. The molecular weight excluding hydrogens is 148 g/mol. The molecule has 2 rings (SSSR count). The van der Waals surface area contributed by atoms with Gasteiger partial charge in [0.25, 0.3) is 0 Å². The van der Waals surface area contributed by atoms with Gasteiger partial charge in [-0.2, -0.15) is 0 Å². The van der Waals surface area contributed by atoms with Crippen LogP contribution in [0.4, 0.5) is 0 Å². The highest BCUT2D eigenvalue weighted by molar-refractivity contribution is 5.13. The van der Waals surface area contributed by atoms with Gasteiger partial charge in [-0.15, -0.1) is 0 Å². The summed E-state index contributed by atoms with van der Waals surface area (Å²) in [7, 11) is 0. The zero-order chi connectivity index (χ0) is 8.55. The third-order valence-electron chi connectivity index (χ3n) is 2.44. The lowest BCUT2D eigenvalue weighted by Gasteiger charge is -2.01. The summed E-state index contributed by atoms with van der Waals surface area (Å²) >= 11 is 0. The van der Waals surface area contributed by atoms with E-state index in [9.17, 15) is 0 Å². The summed E-state index contributed by atoms with van der Waals surface area (Å²) in [6.45, 7) is 4.10. The van der Waals surface area contributed by atoms with Crippen molar-refractivity contribution in [1.29, 1.82) is 0 Å². The summed E-state index contributed by atoms with van der Waals surface area (Å²) < 4.78 is 0. The van der Waals surface area contributed by atoms with Crippen molar-refractivity contribution in [3.8, 4) is 0 Å². The average Bonchev–Trinajstić information content (AvgIpc) is 2.81. The minimum absolute atomic E-state index is 0.882. The Morgan fingerprint density at radius 2 is 2.17 bits per heavy atom. The standard InChI is InChI=1S/C10H14N2/c1-7-6-11-10(12-8(7)2)5-9-3-4-9/h6,9H,3-5H2,1-2H3. The second-order valence-corrected chi connectivity index (χ2v) is 3.70. The highest BCUT2D eigenvalue weighted by Gasteiger charge is 2.22. The van der Waals surface area contributed by atoms with Crippen LogP contribution in [0.25, 0.3) is 0 Å². The lowest BCUT2D eigenvalue weighted by atomic mass is 10.2. The first kappa shape index (κ1) is 7.71. The lowest BCUT2D eigenvalue weighted by Crippen LogP contribution is -1.99. The largest absolute Gasteiger partial charge is 0.241 e. The molecule has 0 amide bonds. The number of rotatable bonds is 2. The SMILES string of the molecule is Cc1cnc(CC2CC2)nc1C.